The quantitative estimate of drug-likeness (QED) is 0.720. The molecule has 1 atom stereocenters. The number of ether oxygens (including phenoxy) is 1. The van der Waals surface area contributed by atoms with Crippen molar-refractivity contribution in [3.05, 3.63) is 52.5 Å². The van der Waals surface area contributed by atoms with Crippen LogP contribution in [0.5, 0.6) is 5.75 Å². The minimum absolute atomic E-state index is 0.191. The molecule has 2 aromatic carbocycles. The minimum Gasteiger partial charge on any atom is -0.481 e. The van der Waals surface area contributed by atoms with Crippen LogP contribution >= 0.6 is 11.6 Å². The molecule has 0 aliphatic rings. The summed E-state index contributed by atoms with van der Waals surface area (Å²) in [4.78, 5) is 23.5. The van der Waals surface area contributed by atoms with E-state index in [0.717, 1.165) is 5.56 Å². The molecule has 6 heteroatoms. The Morgan fingerprint density at radius 1 is 1.04 bits per heavy atom. The Morgan fingerprint density at radius 2 is 1.74 bits per heavy atom. The van der Waals surface area contributed by atoms with Crippen molar-refractivity contribution in [2.24, 2.45) is 0 Å². The van der Waals surface area contributed by atoms with Gasteiger partial charge in [-0.15, -0.1) is 0 Å². The fourth-order valence-electron chi connectivity index (χ4n) is 2.76. The highest BCUT2D eigenvalue weighted by molar-refractivity contribution is 6.34. The lowest BCUT2D eigenvalue weighted by Crippen LogP contribution is -2.30. The van der Waals surface area contributed by atoms with E-state index in [-0.39, 0.29) is 11.8 Å². The van der Waals surface area contributed by atoms with Crippen LogP contribution in [0.4, 0.5) is 11.4 Å². The van der Waals surface area contributed by atoms with E-state index in [2.05, 4.69) is 24.5 Å². The highest BCUT2D eigenvalue weighted by Crippen LogP contribution is 2.27. The minimum atomic E-state index is -0.694. The molecule has 1 unspecified atom stereocenters. The van der Waals surface area contributed by atoms with Crippen molar-refractivity contribution in [3.63, 3.8) is 0 Å². The summed E-state index contributed by atoms with van der Waals surface area (Å²) in [7, 11) is 0. The lowest BCUT2D eigenvalue weighted by molar-refractivity contribution is -0.122. The number of nitrogens with one attached hydrogen (secondary N) is 2. The number of carbonyl (C=O) groups excluding carboxylic acids is 2. The predicted octanol–water partition coefficient (Wildman–Crippen LogP) is 5.14. The molecule has 0 aliphatic heterocycles. The van der Waals surface area contributed by atoms with Crippen LogP contribution in [0.2, 0.25) is 5.02 Å². The van der Waals surface area contributed by atoms with Gasteiger partial charge in [-0.25, -0.2) is 0 Å². The highest BCUT2D eigenvalue weighted by atomic mass is 35.5. The molecule has 0 aromatic heterocycles. The first kappa shape index (κ1) is 20.8. The maximum atomic E-state index is 12.4. The van der Waals surface area contributed by atoms with Crippen molar-refractivity contribution in [1.82, 2.24) is 0 Å². The third kappa shape index (κ3) is 5.73. The summed E-state index contributed by atoms with van der Waals surface area (Å²) in [5.74, 6) is 0.576. The third-order valence-corrected chi connectivity index (χ3v) is 4.41. The van der Waals surface area contributed by atoms with E-state index in [1.165, 1.54) is 12.5 Å². The molecule has 2 N–H and O–H groups in total. The van der Waals surface area contributed by atoms with E-state index in [9.17, 15) is 9.59 Å². The Kier molecular flexibility index (Phi) is 6.86. The molecule has 0 fully saturated rings. The normalized spacial score (nSPS) is 11.8. The van der Waals surface area contributed by atoms with Gasteiger partial charge < -0.3 is 15.4 Å². The van der Waals surface area contributed by atoms with Crippen LogP contribution in [0.15, 0.2) is 36.4 Å². The number of anilines is 2. The van der Waals surface area contributed by atoms with Crippen LogP contribution in [0, 0.1) is 6.92 Å². The molecule has 2 amide bonds. The standard InChI is InChI=1S/C21H25ClN2O3/c1-12(2)18-8-7-17(10-13(18)3)27-14(4)21(26)24-20-9-6-16(11-19(20)22)23-15(5)25/h6-12,14H,1-5H3,(H,23,25)(H,24,26). The van der Waals surface area contributed by atoms with E-state index in [1.54, 1.807) is 25.1 Å². The Labute approximate surface area is 165 Å². The number of carbonyl (C=O) groups is 2. The fourth-order valence-corrected chi connectivity index (χ4v) is 2.99. The van der Waals surface area contributed by atoms with Crippen LogP contribution < -0.4 is 15.4 Å². The third-order valence-electron chi connectivity index (χ3n) is 4.09. The zero-order valence-electron chi connectivity index (χ0n) is 16.2. The smallest absolute Gasteiger partial charge is 0.265 e. The first-order valence-electron chi connectivity index (χ1n) is 8.82. The highest BCUT2D eigenvalue weighted by Gasteiger charge is 2.17. The number of benzene rings is 2. The van der Waals surface area contributed by atoms with Crippen LogP contribution in [-0.4, -0.2) is 17.9 Å². The number of amides is 2. The van der Waals surface area contributed by atoms with Crippen molar-refractivity contribution < 1.29 is 14.3 Å². The molecule has 0 saturated carbocycles. The Bertz CT molecular complexity index is 849. The topological polar surface area (TPSA) is 67.4 Å². The molecule has 0 heterocycles. The molecule has 0 aliphatic carbocycles. The molecule has 0 saturated heterocycles. The van der Waals surface area contributed by atoms with Gasteiger partial charge in [0, 0.05) is 12.6 Å². The van der Waals surface area contributed by atoms with Crippen molar-refractivity contribution in [2.75, 3.05) is 10.6 Å². The summed E-state index contributed by atoms with van der Waals surface area (Å²) in [5, 5.41) is 5.72. The number of halogens is 1. The number of hydrogen-bond donors (Lipinski definition) is 2. The van der Waals surface area contributed by atoms with Crippen molar-refractivity contribution >= 4 is 34.8 Å². The van der Waals surface area contributed by atoms with E-state index in [0.29, 0.717) is 28.1 Å². The van der Waals surface area contributed by atoms with Gasteiger partial charge in [0.05, 0.1) is 10.7 Å². The fraction of sp³-hybridized carbons (Fsp3) is 0.333. The molecule has 0 radical (unpaired) electrons. The second kappa shape index (κ2) is 8.91. The summed E-state index contributed by atoms with van der Waals surface area (Å²) in [5.41, 5.74) is 3.41. The molecule has 2 rings (SSSR count). The molecule has 27 heavy (non-hydrogen) atoms. The van der Waals surface area contributed by atoms with E-state index in [4.69, 9.17) is 16.3 Å². The van der Waals surface area contributed by atoms with Crippen LogP contribution in [0.3, 0.4) is 0 Å². The first-order chi connectivity index (χ1) is 12.7. The second-order valence-corrected chi connectivity index (χ2v) is 7.21. The van der Waals surface area contributed by atoms with Crippen LogP contribution in [0.25, 0.3) is 0 Å². The van der Waals surface area contributed by atoms with Crippen molar-refractivity contribution in [1.29, 1.82) is 0 Å². The summed E-state index contributed by atoms with van der Waals surface area (Å²) in [6.45, 7) is 9.40. The summed E-state index contributed by atoms with van der Waals surface area (Å²) < 4.78 is 5.77. The van der Waals surface area contributed by atoms with Crippen LogP contribution in [-0.2, 0) is 9.59 Å². The van der Waals surface area contributed by atoms with Gasteiger partial charge in [-0.1, -0.05) is 31.5 Å². The Hall–Kier alpha value is -2.53. The SMILES string of the molecule is CC(=O)Nc1ccc(NC(=O)C(C)Oc2ccc(C(C)C)c(C)c2)c(Cl)c1. The zero-order valence-corrected chi connectivity index (χ0v) is 17.0. The summed E-state index contributed by atoms with van der Waals surface area (Å²) >= 11 is 6.18. The number of rotatable bonds is 6. The molecule has 144 valence electrons. The maximum absolute atomic E-state index is 12.4. The first-order valence-corrected chi connectivity index (χ1v) is 9.20. The number of aryl methyl sites for hydroxylation is 1. The zero-order chi connectivity index (χ0) is 20.1. The summed E-state index contributed by atoms with van der Waals surface area (Å²) in [6, 6.07) is 10.7. The van der Waals surface area contributed by atoms with Crippen LogP contribution in [0.1, 0.15) is 44.7 Å². The lowest BCUT2D eigenvalue weighted by atomic mass is 9.98. The molecule has 0 spiro atoms. The van der Waals surface area contributed by atoms with E-state index >= 15 is 0 Å². The molecule has 5 nitrogen and oxygen atoms in total. The molecule has 0 bridgehead atoms. The van der Waals surface area contributed by atoms with Gasteiger partial charge >= 0.3 is 0 Å². The molecular weight excluding hydrogens is 364 g/mol. The van der Waals surface area contributed by atoms with Crippen molar-refractivity contribution in [2.45, 2.75) is 46.6 Å². The maximum Gasteiger partial charge on any atom is 0.265 e. The van der Waals surface area contributed by atoms with Gasteiger partial charge in [0.25, 0.3) is 5.91 Å². The van der Waals surface area contributed by atoms with Gasteiger partial charge in [-0.2, -0.15) is 0 Å². The van der Waals surface area contributed by atoms with Gasteiger partial charge in [-0.3, -0.25) is 9.59 Å². The largest absolute Gasteiger partial charge is 0.481 e. The van der Waals surface area contributed by atoms with E-state index in [1.807, 2.05) is 25.1 Å². The van der Waals surface area contributed by atoms with Gasteiger partial charge in [-0.05, 0) is 61.2 Å². The van der Waals surface area contributed by atoms with Gasteiger partial charge in [0.15, 0.2) is 6.10 Å². The van der Waals surface area contributed by atoms with Gasteiger partial charge in [0.1, 0.15) is 5.75 Å². The predicted molar refractivity (Wildman–Crippen MR) is 110 cm³/mol. The molecular formula is C21H25ClN2O3. The molecule has 2 aromatic rings. The Balaban J connectivity index is 2.03. The Morgan fingerprint density at radius 3 is 2.30 bits per heavy atom. The second-order valence-electron chi connectivity index (χ2n) is 6.80. The monoisotopic (exact) mass is 388 g/mol. The number of hydrogen-bond acceptors (Lipinski definition) is 3. The lowest BCUT2D eigenvalue weighted by Gasteiger charge is -2.17. The van der Waals surface area contributed by atoms with Crippen molar-refractivity contribution in [3.8, 4) is 5.75 Å². The average molecular weight is 389 g/mol. The average Bonchev–Trinajstić information content (AvgIpc) is 2.56. The van der Waals surface area contributed by atoms with Gasteiger partial charge in [0.2, 0.25) is 5.91 Å². The summed E-state index contributed by atoms with van der Waals surface area (Å²) in [6.07, 6.45) is -0.694. The van der Waals surface area contributed by atoms with E-state index < -0.39 is 6.10 Å².